The molecule has 0 saturated heterocycles. The average Bonchev–Trinajstić information content (AvgIpc) is 3.29. The molecule has 2 aliphatic heterocycles. The number of sulfonamides is 2. The number of carbonyl (C=O) groups is 2. The van der Waals surface area contributed by atoms with Crippen molar-refractivity contribution in [1.82, 2.24) is 4.72 Å². The molecule has 2 heterocycles. The number of fused-ring (bicyclic) bond motifs is 2. The van der Waals surface area contributed by atoms with Gasteiger partial charge in [-0.3, -0.25) is 14.5 Å². The summed E-state index contributed by atoms with van der Waals surface area (Å²) < 4.78 is 54.7. The molecule has 2 aromatic carbocycles. The Kier molecular flexibility index (Phi) is 5.72. The first-order chi connectivity index (χ1) is 15.5. The van der Waals surface area contributed by atoms with E-state index < -0.39 is 44.6 Å². The molecule has 0 fully saturated rings. The number of benzene rings is 2. The van der Waals surface area contributed by atoms with Gasteiger partial charge in [0, 0.05) is 17.8 Å². The van der Waals surface area contributed by atoms with Crippen molar-refractivity contribution in [2.45, 2.75) is 29.2 Å². The Morgan fingerprint density at radius 1 is 1.24 bits per heavy atom. The molecule has 0 saturated carbocycles. The zero-order valence-corrected chi connectivity index (χ0v) is 19.0. The Labute approximate surface area is 190 Å². The van der Waals surface area contributed by atoms with Gasteiger partial charge in [0.25, 0.3) is 15.9 Å². The zero-order valence-electron chi connectivity index (χ0n) is 17.4. The second kappa shape index (κ2) is 8.24. The van der Waals surface area contributed by atoms with Crippen molar-refractivity contribution in [1.29, 1.82) is 0 Å². The second-order valence-corrected chi connectivity index (χ2v) is 10.7. The van der Waals surface area contributed by atoms with Crippen LogP contribution in [0.2, 0.25) is 0 Å². The molecule has 0 spiro atoms. The second-order valence-electron chi connectivity index (χ2n) is 7.49. The van der Waals surface area contributed by atoms with Crippen molar-refractivity contribution in [2.75, 3.05) is 18.1 Å². The van der Waals surface area contributed by atoms with Crippen LogP contribution in [0.1, 0.15) is 18.1 Å². The zero-order chi connectivity index (χ0) is 24.0. The van der Waals surface area contributed by atoms with Crippen LogP contribution in [-0.4, -0.2) is 53.7 Å². The average molecular weight is 493 g/mol. The van der Waals surface area contributed by atoms with Crippen molar-refractivity contribution in [3.63, 3.8) is 0 Å². The van der Waals surface area contributed by atoms with E-state index in [9.17, 15) is 26.4 Å². The normalized spacial score (nSPS) is 18.4. The number of esters is 1. The lowest BCUT2D eigenvalue weighted by molar-refractivity contribution is -0.148. The molecule has 3 N–H and O–H groups in total. The number of amidine groups is 1. The molecule has 0 radical (unpaired) electrons. The van der Waals surface area contributed by atoms with Crippen LogP contribution in [0.4, 0.5) is 5.69 Å². The van der Waals surface area contributed by atoms with Crippen LogP contribution in [0.15, 0.2) is 57.2 Å². The standard InChI is InChI=1S/C20H20N4O7S2/c1-12(22-19-15-4-2-3-5-17(15)33(29,30)23-19)20(26)31-11-18(25)24-9-8-13-10-14(32(21,27)28)6-7-16(13)24/h2-7,10,12H,8-9,11H2,1H3,(H,22,23)(H2,21,27,28)/t12-/m0/s1. The van der Waals surface area contributed by atoms with E-state index in [-0.39, 0.29) is 15.6 Å². The molecule has 11 nitrogen and oxygen atoms in total. The number of nitrogens with zero attached hydrogens (tertiary/aromatic N) is 2. The highest BCUT2D eigenvalue weighted by Crippen LogP contribution is 2.30. The molecular formula is C20H20N4O7S2. The lowest BCUT2D eigenvalue weighted by Crippen LogP contribution is -2.34. The van der Waals surface area contributed by atoms with E-state index in [4.69, 9.17) is 9.88 Å². The van der Waals surface area contributed by atoms with Gasteiger partial charge < -0.3 is 9.64 Å². The molecule has 0 aromatic heterocycles. The van der Waals surface area contributed by atoms with Crippen LogP contribution < -0.4 is 14.8 Å². The molecule has 0 bridgehead atoms. The number of hydrogen-bond acceptors (Lipinski definition) is 8. The first-order valence-corrected chi connectivity index (χ1v) is 12.8. The fourth-order valence-corrected chi connectivity index (χ4v) is 5.42. The molecule has 1 amide bonds. The summed E-state index contributed by atoms with van der Waals surface area (Å²) in [6.45, 7) is 1.18. The van der Waals surface area contributed by atoms with Crippen LogP contribution in [0, 0.1) is 0 Å². The van der Waals surface area contributed by atoms with E-state index in [0.29, 0.717) is 29.8 Å². The monoisotopic (exact) mass is 492 g/mol. The predicted molar refractivity (Wildman–Crippen MR) is 118 cm³/mol. The number of hydrogen-bond donors (Lipinski definition) is 2. The van der Waals surface area contributed by atoms with Crippen LogP contribution in [0.25, 0.3) is 0 Å². The fraction of sp³-hybridized carbons (Fsp3) is 0.250. The number of nitrogens with two attached hydrogens (primary N) is 1. The summed E-state index contributed by atoms with van der Waals surface area (Å²) in [6, 6.07) is 9.38. The quantitative estimate of drug-likeness (QED) is 0.550. The molecule has 2 aliphatic rings. The largest absolute Gasteiger partial charge is 0.454 e. The van der Waals surface area contributed by atoms with E-state index in [2.05, 4.69) is 9.71 Å². The summed E-state index contributed by atoms with van der Waals surface area (Å²) in [7, 11) is -7.60. The van der Waals surface area contributed by atoms with Crippen LogP contribution in [0.5, 0.6) is 0 Å². The number of carbonyl (C=O) groups excluding carboxylic acids is 2. The number of anilines is 1. The van der Waals surface area contributed by atoms with E-state index >= 15 is 0 Å². The Morgan fingerprint density at radius 2 is 1.97 bits per heavy atom. The third-order valence-electron chi connectivity index (χ3n) is 5.24. The molecule has 0 unspecified atom stereocenters. The predicted octanol–water partition coefficient (Wildman–Crippen LogP) is -0.106. The van der Waals surface area contributed by atoms with E-state index in [1.54, 1.807) is 18.2 Å². The summed E-state index contributed by atoms with van der Waals surface area (Å²) in [4.78, 5) is 30.5. The summed E-state index contributed by atoms with van der Waals surface area (Å²) in [5.41, 5.74) is 1.52. The van der Waals surface area contributed by atoms with Gasteiger partial charge in [0.15, 0.2) is 6.61 Å². The highest BCUT2D eigenvalue weighted by Gasteiger charge is 2.32. The molecule has 13 heteroatoms. The van der Waals surface area contributed by atoms with Crippen molar-refractivity contribution in [3.05, 3.63) is 53.6 Å². The first kappa shape index (κ1) is 22.9. The molecule has 0 aliphatic carbocycles. The molecule has 174 valence electrons. The Bertz CT molecular complexity index is 1400. The number of rotatable bonds is 5. The van der Waals surface area contributed by atoms with E-state index in [1.807, 2.05) is 0 Å². The van der Waals surface area contributed by atoms with Crippen molar-refractivity contribution in [2.24, 2.45) is 10.1 Å². The fourth-order valence-electron chi connectivity index (χ4n) is 3.62. The van der Waals surface area contributed by atoms with Gasteiger partial charge in [-0.25, -0.2) is 26.8 Å². The maximum absolute atomic E-state index is 12.6. The van der Waals surface area contributed by atoms with Gasteiger partial charge in [-0.05, 0) is 49.2 Å². The minimum atomic E-state index is -3.86. The smallest absolute Gasteiger partial charge is 0.331 e. The van der Waals surface area contributed by atoms with Crippen LogP contribution >= 0.6 is 0 Å². The number of ether oxygens (including phenoxy) is 1. The van der Waals surface area contributed by atoms with Crippen molar-refractivity contribution < 1.29 is 31.2 Å². The van der Waals surface area contributed by atoms with Gasteiger partial charge in [-0.2, -0.15) is 0 Å². The van der Waals surface area contributed by atoms with Crippen LogP contribution in [-0.2, 0) is 40.8 Å². The lowest BCUT2D eigenvalue weighted by Gasteiger charge is -2.18. The SMILES string of the molecule is C[C@H](N=C1NS(=O)(=O)c2ccccc21)C(=O)OCC(=O)N1CCc2cc(S(N)(=O)=O)ccc21. The van der Waals surface area contributed by atoms with E-state index in [1.165, 1.54) is 36.1 Å². The topological polar surface area (TPSA) is 165 Å². The number of amides is 1. The molecule has 1 atom stereocenters. The maximum Gasteiger partial charge on any atom is 0.331 e. The highest BCUT2D eigenvalue weighted by atomic mass is 32.2. The first-order valence-electron chi connectivity index (χ1n) is 9.80. The Hall–Kier alpha value is -3.29. The van der Waals surface area contributed by atoms with E-state index in [0.717, 1.165) is 0 Å². The Morgan fingerprint density at radius 3 is 2.70 bits per heavy atom. The number of nitrogens with one attached hydrogen (secondary N) is 1. The van der Waals surface area contributed by atoms with Crippen molar-refractivity contribution in [3.8, 4) is 0 Å². The number of primary sulfonamides is 1. The van der Waals surface area contributed by atoms with Gasteiger partial charge in [0.1, 0.15) is 11.9 Å². The van der Waals surface area contributed by atoms with Crippen LogP contribution in [0.3, 0.4) is 0 Å². The third-order valence-corrected chi connectivity index (χ3v) is 7.55. The van der Waals surface area contributed by atoms with Gasteiger partial charge in [-0.1, -0.05) is 12.1 Å². The molecule has 33 heavy (non-hydrogen) atoms. The minimum Gasteiger partial charge on any atom is -0.454 e. The van der Waals surface area contributed by atoms with Gasteiger partial charge >= 0.3 is 5.97 Å². The molecule has 2 aromatic rings. The third kappa shape index (κ3) is 4.47. The lowest BCUT2D eigenvalue weighted by atomic mass is 10.2. The molecule has 4 rings (SSSR count). The Balaban J connectivity index is 1.41. The summed E-state index contributed by atoms with van der Waals surface area (Å²) in [6.07, 6.45) is 0.433. The van der Waals surface area contributed by atoms with Gasteiger partial charge in [0.2, 0.25) is 10.0 Å². The molecular weight excluding hydrogens is 472 g/mol. The summed E-state index contributed by atoms with van der Waals surface area (Å²) in [5, 5.41) is 5.14. The highest BCUT2D eigenvalue weighted by molar-refractivity contribution is 7.90. The van der Waals surface area contributed by atoms with Gasteiger partial charge in [-0.15, -0.1) is 0 Å². The van der Waals surface area contributed by atoms with Crippen molar-refractivity contribution >= 4 is 43.4 Å². The van der Waals surface area contributed by atoms with Gasteiger partial charge in [0.05, 0.1) is 9.79 Å². The maximum atomic E-state index is 12.6. The number of aliphatic imine (C=N–C) groups is 1. The summed E-state index contributed by atoms with van der Waals surface area (Å²) in [5.74, 6) is -1.26. The summed E-state index contributed by atoms with van der Waals surface area (Å²) >= 11 is 0. The minimum absolute atomic E-state index is 0.0282.